The smallest absolute Gasteiger partial charge is 0.317 e. The molecule has 0 radical (unpaired) electrons. The van der Waals surface area contributed by atoms with Gasteiger partial charge >= 0.3 is 5.97 Å². The van der Waals surface area contributed by atoms with Gasteiger partial charge in [0.25, 0.3) is 5.91 Å². The number of hydrogen-bond donors (Lipinski definition) is 1. The molecule has 0 bridgehead atoms. The molecule has 0 aromatic heterocycles. The third-order valence-corrected chi connectivity index (χ3v) is 5.77. The molecule has 2 atom stereocenters. The first kappa shape index (κ1) is 20.3. The fourth-order valence-corrected chi connectivity index (χ4v) is 3.97. The van der Waals surface area contributed by atoms with Gasteiger partial charge in [0, 0.05) is 4.90 Å². The summed E-state index contributed by atoms with van der Waals surface area (Å²) in [5, 5.41) is 3.03. The van der Waals surface area contributed by atoms with Gasteiger partial charge in [0.15, 0.2) is 6.10 Å². The molecule has 2 aromatic carbocycles. The minimum absolute atomic E-state index is 0.0210. The van der Waals surface area contributed by atoms with Crippen molar-refractivity contribution >= 4 is 23.6 Å². The Balaban J connectivity index is 1.48. The molecular formula is C22H25NO4S. The Kier molecular flexibility index (Phi) is 6.98. The third kappa shape index (κ3) is 5.29. The molecule has 1 N–H and O–H groups in total. The van der Waals surface area contributed by atoms with Gasteiger partial charge in [-0.25, -0.2) is 0 Å². The number of methoxy groups -OCH3 is 1. The lowest BCUT2D eigenvalue weighted by Crippen LogP contribution is -2.39. The van der Waals surface area contributed by atoms with Crippen LogP contribution in [-0.4, -0.2) is 30.8 Å². The van der Waals surface area contributed by atoms with E-state index in [0.29, 0.717) is 0 Å². The maximum absolute atomic E-state index is 12.5. The highest BCUT2D eigenvalue weighted by atomic mass is 32.2. The standard InChI is InChI=1S/C22H25NO4S/c1-15(27-21(24)14-28-18-12-10-17(26-2)11-13-18)22(25)23-20-9-5-7-16-6-3-4-8-19(16)20/h3-4,6,8,10-13,15,20H,5,7,9,14H2,1-2H3,(H,23,25)/t15-,20-/m1/s1. The molecule has 2 aromatic rings. The van der Waals surface area contributed by atoms with Gasteiger partial charge in [-0.05, 0) is 61.6 Å². The largest absolute Gasteiger partial charge is 0.497 e. The summed E-state index contributed by atoms with van der Waals surface area (Å²) >= 11 is 1.37. The predicted octanol–water partition coefficient (Wildman–Crippen LogP) is 3.91. The van der Waals surface area contributed by atoms with Gasteiger partial charge in [-0.1, -0.05) is 24.3 Å². The number of carbonyl (C=O) groups is 2. The Morgan fingerprint density at radius 1 is 1.18 bits per heavy atom. The van der Waals surface area contributed by atoms with E-state index in [0.717, 1.165) is 35.5 Å². The number of nitrogens with one attached hydrogen (secondary N) is 1. The monoisotopic (exact) mass is 399 g/mol. The van der Waals surface area contributed by atoms with Crippen molar-refractivity contribution in [1.82, 2.24) is 5.32 Å². The number of carbonyl (C=O) groups excluding carboxylic acids is 2. The Hall–Kier alpha value is -2.47. The van der Waals surface area contributed by atoms with Crippen molar-refractivity contribution in [3.63, 3.8) is 0 Å². The molecule has 5 nitrogen and oxygen atoms in total. The molecule has 1 amide bonds. The van der Waals surface area contributed by atoms with Gasteiger partial charge < -0.3 is 14.8 Å². The lowest BCUT2D eigenvalue weighted by Gasteiger charge is -2.27. The van der Waals surface area contributed by atoms with Crippen LogP contribution >= 0.6 is 11.8 Å². The Labute approximate surface area is 169 Å². The van der Waals surface area contributed by atoms with Gasteiger partial charge in [-0.15, -0.1) is 11.8 Å². The number of aryl methyl sites for hydroxylation is 1. The van der Waals surface area contributed by atoms with E-state index in [4.69, 9.17) is 9.47 Å². The molecule has 0 fully saturated rings. The lowest BCUT2D eigenvalue weighted by atomic mass is 9.87. The van der Waals surface area contributed by atoms with Crippen LogP contribution in [0.25, 0.3) is 0 Å². The molecule has 3 rings (SSSR count). The van der Waals surface area contributed by atoms with Gasteiger partial charge in [-0.3, -0.25) is 9.59 Å². The van der Waals surface area contributed by atoms with E-state index in [1.165, 1.54) is 17.3 Å². The zero-order valence-electron chi connectivity index (χ0n) is 16.1. The van der Waals surface area contributed by atoms with Crippen LogP contribution in [0.3, 0.4) is 0 Å². The first-order chi connectivity index (χ1) is 13.6. The Morgan fingerprint density at radius 2 is 1.93 bits per heavy atom. The summed E-state index contributed by atoms with van der Waals surface area (Å²) < 4.78 is 10.4. The van der Waals surface area contributed by atoms with E-state index in [1.54, 1.807) is 14.0 Å². The number of ether oxygens (including phenoxy) is 2. The van der Waals surface area contributed by atoms with Crippen LogP contribution < -0.4 is 10.1 Å². The fraction of sp³-hybridized carbons (Fsp3) is 0.364. The topological polar surface area (TPSA) is 64.6 Å². The van der Waals surface area contributed by atoms with E-state index in [1.807, 2.05) is 36.4 Å². The maximum atomic E-state index is 12.5. The molecule has 0 saturated carbocycles. The quantitative estimate of drug-likeness (QED) is 0.565. The number of rotatable bonds is 7. The molecule has 0 aliphatic heterocycles. The number of benzene rings is 2. The van der Waals surface area contributed by atoms with Crippen LogP contribution in [0.15, 0.2) is 53.4 Å². The molecule has 28 heavy (non-hydrogen) atoms. The summed E-state index contributed by atoms with van der Waals surface area (Å²) in [6.07, 6.45) is 2.15. The summed E-state index contributed by atoms with van der Waals surface area (Å²) in [4.78, 5) is 25.5. The summed E-state index contributed by atoms with van der Waals surface area (Å²) in [5.41, 5.74) is 2.44. The first-order valence-corrected chi connectivity index (χ1v) is 10.4. The van der Waals surface area contributed by atoms with Crippen molar-refractivity contribution in [2.75, 3.05) is 12.9 Å². The second kappa shape index (κ2) is 9.64. The number of esters is 1. The summed E-state index contributed by atoms with van der Waals surface area (Å²) in [7, 11) is 1.61. The highest BCUT2D eigenvalue weighted by Crippen LogP contribution is 2.29. The zero-order chi connectivity index (χ0) is 19.9. The Bertz CT molecular complexity index is 822. The van der Waals surface area contributed by atoms with Crippen molar-refractivity contribution in [2.24, 2.45) is 0 Å². The molecule has 0 heterocycles. The molecule has 0 saturated heterocycles. The zero-order valence-corrected chi connectivity index (χ0v) is 17.0. The summed E-state index contributed by atoms with van der Waals surface area (Å²) in [6.45, 7) is 1.61. The van der Waals surface area contributed by atoms with Crippen molar-refractivity contribution in [3.8, 4) is 5.75 Å². The molecule has 6 heteroatoms. The second-order valence-corrected chi connectivity index (χ2v) is 7.80. The second-order valence-electron chi connectivity index (χ2n) is 6.75. The van der Waals surface area contributed by atoms with Gasteiger partial charge in [0.05, 0.1) is 18.9 Å². The molecule has 148 valence electrons. The van der Waals surface area contributed by atoms with Gasteiger partial charge in [0.2, 0.25) is 0 Å². The minimum atomic E-state index is -0.821. The van der Waals surface area contributed by atoms with E-state index in [2.05, 4.69) is 17.4 Å². The average molecular weight is 400 g/mol. The Morgan fingerprint density at radius 3 is 2.68 bits per heavy atom. The highest BCUT2D eigenvalue weighted by Gasteiger charge is 2.25. The van der Waals surface area contributed by atoms with Crippen molar-refractivity contribution in [2.45, 2.75) is 43.2 Å². The predicted molar refractivity (Wildman–Crippen MR) is 110 cm³/mol. The van der Waals surface area contributed by atoms with Crippen LogP contribution in [0.1, 0.15) is 36.9 Å². The highest BCUT2D eigenvalue weighted by molar-refractivity contribution is 8.00. The maximum Gasteiger partial charge on any atom is 0.317 e. The molecular weight excluding hydrogens is 374 g/mol. The normalized spacial score (nSPS) is 16.6. The van der Waals surface area contributed by atoms with Gasteiger partial charge in [0.1, 0.15) is 5.75 Å². The van der Waals surface area contributed by atoms with Crippen molar-refractivity contribution in [3.05, 3.63) is 59.7 Å². The van der Waals surface area contributed by atoms with E-state index in [-0.39, 0.29) is 17.7 Å². The summed E-state index contributed by atoms with van der Waals surface area (Å²) in [6, 6.07) is 15.6. The first-order valence-electron chi connectivity index (χ1n) is 9.41. The van der Waals surface area contributed by atoms with Crippen LogP contribution in [0.2, 0.25) is 0 Å². The van der Waals surface area contributed by atoms with Crippen LogP contribution in [0.4, 0.5) is 0 Å². The van der Waals surface area contributed by atoms with E-state index >= 15 is 0 Å². The molecule has 1 aliphatic carbocycles. The molecule has 1 aliphatic rings. The van der Waals surface area contributed by atoms with E-state index < -0.39 is 12.1 Å². The van der Waals surface area contributed by atoms with Crippen molar-refractivity contribution < 1.29 is 19.1 Å². The van der Waals surface area contributed by atoms with Gasteiger partial charge in [-0.2, -0.15) is 0 Å². The SMILES string of the molecule is COc1ccc(SCC(=O)O[C@H](C)C(=O)N[C@@H]2CCCc3ccccc32)cc1. The van der Waals surface area contributed by atoms with Crippen LogP contribution in [-0.2, 0) is 20.7 Å². The van der Waals surface area contributed by atoms with Crippen LogP contribution in [0.5, 0.6) is 5.75 Å². The third-order valence-electron chi connectivity index (χ3n) is 4.78. The summed E-state index contributed by atoms with van der Waals surface area (Å²) in [5.74, 6) is 0.245. The van der Waals surface area contributed by atoms with Crippen molar-refractivity contribution in [1.29, 1.82) is 0 Å². The number of amides is 1. The average Bonchev–Trinajstić information content (AvgIpc) is 2.73. The molecule has 0 unspecified atom stereocenters. The fourth-order valence-electron chi connectivity index (χ4n) is 3.29. The van der Waals surface area contributed by atoms with Crippen LogP contribution in [0, 0.1) is 0 Å². The van der Waals surface area contributed by atoms with E-state index in [9.17, 15) is 9.59 Å². The molecule has 0 spiro atoms. The number of thioether (sulfide) groups is 1. The lowest BCUT2D eigenvalue weighted by molar-refractivity contribution is -0.152. The number of hydrogen-bond acceptors (Lipinski definition) is 5. The minimum Gasteiger partial charge on any atom is -0.497 e. The number of fused-ring (bicyclic) bond motifs is 1.